The average molecular weight is 327 g/mol. The van der Waals surface area contributed by atoms with E-state index in [-0.39, 0.29) is 0 Å². The Hall–Kier alpha value is -3.14. The van der Waals surface area contributed by atoms with Gasteiger partial charge in [-0.25, -0.2) is 9.97 Å². The molecule has 0 amide bonds. The van der Waals surface area contributed by atoms with E-state index in [2.05, 4.69) is 23.1 Å². The molecule has 0 spiro atoms. The van der Waals surface area contributed by atoms with Gasteiger partial charge in [0.15, 0.2) is 11.6 Å². The van der Waals surface area contributed by atoms with Gasteiger partial charge < -0.3 is 9.32 Å². The van der Waals surface area contributed by atoms with Crippen LogP contribution < -0.4 is 4.90 Å². The second-order valence-corrected chi connectivity index (χ2v) is 6.24. The first-order chi connectivity index (χ1) is 12.4. The van der Waals surface area contributed by atoms with Crippen molar-refractivity contribution in [2.75, 3.05) is 18.0 Å². The largest absolute Gasteiger partial charge is 0.453 e. The molecule has 4 heteroatoms. The third-order valence-electron chi connectivity index (χ3n) is 4.59. The van der Waals surface area contributed by atoms with Crippen molar-refractivity contribution >= 4 is 27.7 Å². The summed E-state index contributed by atoms with van der Waals surface area (Å²) >= 11 is 0. The molecule has 2 aromatic carbocycles. The lowest BCUT2D eigenvalue weighted by molar-refractivity contribution is 0.625. The molecule has 122 valence electrons. The number of rotatable bonds is 2. The minimum absolute atomic E-state index is 0.638. The van der Waals surface area contributed by atoms with Gasteiger partial charge in [-0.05, 0) is 30.7 Å². The monoisotopic (exact) mass is 327 g/mol. The van der Waals surface area contributed by atoms with Crippen LogP contribution in [0.3, 0.4) is 0 Å². The summed E-state index contributed by atoms with van der Waals surface area (Å²) in [6, 6.07) is 18.2. The smallest absolute Gasteiger partial charge is 0.198 e. The molecule has 0 aliphatic carbocycles. The quantitative estimate of drug-likeness (QED) is 0.496. The zero-order valence-electron chi connectivity index (χ0n) is 13.7. The van der Waals surface area contributed by atoms with Crippen molar-refractivity contribution < 1.29 is 4.42 Å². The van der Waals surface area contributed by atoms with Crippen LogP contribution in [0.5, 0.6) is 0 Å². The van der Waals surface area contributed by atoms with Crippen LogP contribution in [-0.2, 0) is 0 Å². The Morgan fingerprint density at radius 3 is 2.68 bits per heavy atom. The Bertz CT molecular complexity index is 1060. The highest BCUT2D eigenvalue weighted by Crippen LogP contribution is 2.31. The van der Waals surface area contributed by atoms with E-state index in [0.29, 0.717) is 11.6 Å². The van der Waals surface area contributed by atoms with Gasteiger partial charge in [-0.2, -0.15) is 0 Å². The van der Waals surface area contributed by atoms with Gasteiger partial charge in [0.25, 0.3) is 0 Å². The van der Waals surface area contributed by atoms with Gasteiger partial charge in [0.1, 0.15) is 11.4 Å². The van der Waals surface area contributed by atoms with Crippen molar-refractivity contribution in [3.8, 4) is 11.6 Å². The predicted molar refractivity (Wildman–Crippen MR) is 101 cm³/mol. The number of fused-ring (bicyclic) bond motifs is 2. The molecule has 0 atom stereocenters. The summed E-state index contributed by atoms with van der Waals surface area (Å²) in [5.41, 5.74) is 1.80. The topological polar surface area (TPSA) is 42.2 Å². The van der Waals surface area contributed by atoms with Crippen molar-refractivity contribution in [2.24, 2.45) is 0 Å². The van der Waals surface area contributed by atoms with E-state index in [4.69, 9.17) is 14.4 Å². The van der Waals surface area contributed by atoms with Crippen LogP contribution in [0.1, 0.15) is 6.42 Å². The summed E-state index contributed by atoms with van der Waals surface area (Å²) in [5, 5.41) is 2.15. The lowest BCUT2D eigenvalue weighted by Crippen LogP contribution is -2.28. The zero-order chi connectivity index (χ0) is 16.6. The first kappa shape index (κ1) is 14.2. The zero-order valence-corrected chi connectivity index (χ0v) is 13.7. The second kappa shape index (κ2) is 5.74. The van der Waals surface area contributed by atoms with E-state index in [1.807, 2.05) is 48.5 Å². The molecular formula is C21H17N3O. The van der Waals surface area contributed by atoms with Crippen LogP contribution >= 0.6 is 0 Å². The van der Waals surface area contributed by atoms with Crippen molar-refractivity contribution in [2.45, 2.75) is 6.42 Å². The van der Waals surface area contributed by atoms with E-state index in [1.54, 1.807) is 0 Å². The number of hydrogen-bond donors (Lipinski definition) is 0. The van der Waals surface area contributed by atoms with Crippen LogP contribution in [0.15, 0.2) is 71.2 Å². The molecular weight excluding hydrogens is 310 g/mol. The Labute approximate surface area is 145 Å². The second-order valence-electron chi connectivity index (χ2n) is 6.24. The molecule has 4 nitrogen and oxygen atoms in total. The summed E-state index contributed by atoms with van der Waals surface area (Å²) < 4.78 is 5.99. The van der Waals surface area contributed by atoms with Gasteiger partial charge in [-0.1, -0.05) is 42.5 Å². The van der Waals surface area contributed by atoms with E-state index >= 15 is 0 Å². The fraction of sp³-hybridized carbons (Fsp3) is 0.143. The first-order valence-electron chi connectivity index (χ1n) is 8.54. The van der Waals surface area contributed by atoms with Crippen molar-refractivity contribution in [3.05, 3.63) is 66.7 Å². The number of benzene rings is 2. The molecule has 1 aliphatic rings. The van der Waals surface area contributed by atoms with Crippen LogP contribution in [0, 0.1) is 0 Å². The lowest BCUT2D eigenvalue weighted by Gasteiger charge is -2.25. The maximum absolute atomic E-state index is 5.99. The molecule has 0 saturated heterocycles. The number of hydrogen-bond acceptors (Lipinski definition) is 4. The Kier molecular flexibility index (Phi) is 3.27. The van der Waals surface area contributed by atoms with E-state index in [9.17, 15) is 0 Å². The Balaban J connectivity index is 1.71. The number of aromatic nitrogens is 2. The fourth-order valence-electron chi connectivity index (χ4n) is 3.34. The van der Waals surface area contributed by atoms with Gasteiger partial charge in [-0.3, -0.25) is 0 Å². The maximum atomic E-state index is 5.99. The lowest BCUT2D eigenvalue weighted by atomic mass is 10.2. The van der Waals surface area contributed by atoms with Crippen LogP contribution in [-0.4, -0.2) is 23.1 Å². The number of para-hydroxylation sites is 2. The van der Waals surface area contributed by atoms with E-state index in [0.717, 1.165) is 47.2 Å². The molecule has 0 unspecified atom stereocenters. The summed E-state index contributed by atoms with van der Waals surface area (Å²) in [5.74, 6) is 2.32. The average Bonchev–Trinajstić information content (AvgIpc) is 3.12. The highest BCUT2D eigenvalue weighted by Gasteiger charge is 2.17. The summed E-state index contributed by atoms with van der Waals surface area (Å²) in [4.78, 5) is 11.9. The molecule has 3 heterocycles. The number of nitrogens with zero attached hydrogens (tertiary/aromatic N) is 3. The van der Waals surface area contributed by atoms with Gasteiger partial charge in [0.2, 0.25) is 0 Å². The van der Waals surface area contributed by atoms with Gasteiger partial charge in [-0.15, -0.1) is 0 Å². The molecule has 0 fully saturated rings. The molecule has 0 saturated carbocycles. The van der Waals surface area contributed by atoms with Crippen molar-refractivity contribution in [1.82, 2.24) is 9.97 Å². The number of anilines is 1. The summed E-state index contributed by atoms with van der Waals surface area (Å²) in [7, 11) is 0. The maximum Gasteiger partial charge on any atom is 0.198 e. The van der Waals surface area contributed by atoms with E-state index < -0.39 is 0 Å². The van der Waals surface area contributed by atoms with Crippen molar-refractivity contribution in [3.63, 3.8) is 0 Å². The van der Waals surface area contributed by atoms with Crippen molar-refractivity contribution in [1.29, 1.82) is 0 Å². The number of furan rings is 1. The predicted octanol–water partition coefficient (Wildman–Crippen LogP) is 4.81. The molecule has 4 aromatic rings. The van der Waals surface area contributed by atoms with Gasteiger partial charge in [0.05, 0.1) is 5.52 Å². The molecule has 0 bridgehead atoms. The molecule has 2 aromatic heterocycles. The SMILES string of the molecule is C1=CCN(c2nc(-c3cc4ccccc4o3)nc3ccccc23)CC1. The molecule has 5 rings (SSSR count). The minimum Gasteiger partial charge on any atom is -0.453 e. The highest BCUT2D eigenvalue weighted by atomic mass is 16.3. The third kappa shape index (κ3) is 2.47. The van der Waals surface area contributed by atoms with Crippen LogP contribution in [0.25, 0.3) is 33.5 Å². The third-order valence-corrected chi connectivity index (χ3v) is 4.59. The first-order valence-corrected chi connectivity index (χ1v) is 8.54. The normalized spacial score (nSPS) is 14.5. The Morgan fingerprint density at radius 2 is 1.80 bits per heavy atom. The molecule has 1 aliphatic heterocycles. The molecule has 25 heavy (non-hydrogen) atoms. The minimum atomic E-state index is 0.638. The van der Waals surface area contributed by atoms with Gasteiger partial charge in [0, 0.05) is 23.9 Å². The van der Waals surface area contributed by atoms with Crippen LogP contribution in [0.4, 0.5) is 5.82 Å². The fourth-order valence-corrected chi connectivity index (χ4v) is 3.34. The molecule has 0 N–H and O–H groups in total. The van der Waals surface area contributed by atoms with Gasteiger partial charge >= 0.3 is 0 Å². The standard InChI is InChI=1S/C21H17N3O/c1-6-12-24(13-7-1)21-16-9-3-4-10-17(16)22-20(23-21)19-14-15-8-2-5-11-18(15)25-19/h1-6,8-11,14H,7,12-13H2. The molecule has 0 radical (unpaired) electrons. The highest BCUT2D eigenvalue weighted by molar-refractivity contribution is 5.91. The van der Waals surface area contributed by atoms with Crippen LogP contribution in [0.2, 0.25) is 0 Å². The Morgan fingerprint density at radius 1 is 0.920 bits per heavy atom. The van der Waals surface area contributed by atoms with E-state index in [1.165, 1.54) is 0 Å². The summed E-state index contributed by atoms with van der Waals surface area (Å²) in [6.45, 7) is 1.84. The summed E-state index contributed by atoms with van der Waals surface area (Å²) in [6.07, 6.45) is 5.46.